The molecule has 0 bridgehead atoms. The molecule has 0 unspecified atom stereocenters. The zero-order chi connectivity index (χ0) is 7.56. The largest absolute Gasteiger partial charge is 0.290 e. The molecule has 0 fully saturated rings. The first kappa shape index (κ1) is 18.0. The van der Waals surface area contributed by atoms with Crippen molar-refractivity contribution in [2.24, 2.45) is 0 Å². The molecule has 0 spiro atoms. The Balaban J connectivity index is -0.000000333. The van der Waals surface area contributed by atoms with Crippen LogP contribution in [0.3, 0.4) is 0 Å². The molecule has 0 saturated carbocycles. The molecule has 75 valence electrons. The summed E-state index contributed by atoms with van der Waals surface area (Å²) in [5.41, 5.74) is -0.0903. The fourth-order valence-electron chi connectivity index (χ4n) is 0.596. The number of rotatable bonds is 0. The summed E-state index contributed by atoms with van der Waals surface area (Å²) < 4.78 is 0. The van der Waals surface area contributed by atoms with Gasteiger partial charge in [0.1, 0.15) is 11.6 Å². The molecule has 0 aromatic carbocycles. The van der Waals surface area contributed by atoms with Crippen molar-refractivity contribution >= 4 is 11.6 Å². The van der Waals surface area contributed by atoms with Crippen LogP contribution < -0.4 is 0 Å². The summed E-state index contributed by atoms with van der Waals surface area (Å²) in [6, 6.07) is 1.62. The van der Waals surface area contributed by atoms with Crippen molar-refractivity contribution in [3.05, 3.63) is 23.8 Å². The van der Waals surface area contributed by atoms with E-state index in [2.05, 4.69) is 0 Å². The van der Waals surface area contributed by atoms with Crippen molar-refractivity contribution in [3.63, 3.8) is 0 Å². The molecule has 1 aliphatic rings. The van der Waals surface area contributed by atoms with Crippen LogP contribution in [0.15, 0.2) is 23.8 Å². The topological polar surface area (TPSA) is 57.9 Å². The molecule has 0 aliphatic heterocycles. The van der Waals surface area contributed by atoms with Gasteiger partial charge < -0.3 is 0 Å². The molecule has 1 rings (SSSR count). The maximum Gasteiger partial charge on any atom is 0.196 e. The standard InChI is InChI=1S/C7H3NO2.2CH4.Ag/c8-4-5-3-6(9)1-2-7(5)10;;;/h1-3H;2*1H4;. The van der Waals surface area contributed by atoms with Crippen LogP contribution in [0.25, 0.3) is 0 Å². The van der Waals surface area contributed by atoms with E-state index in [4.69, 9.17) is 5.26 Å². The second-order valence-corrected chi connectivity index (χ2v) is 1.77. The molecule has 0 aromatic rings. The van der Waals surface area contributed by atoms with Gasteiger partial charge in [-0.2, -0.15) is 5.26 Å². The van der Waals surface area contributed by atoms with Gasteiger partial charge in [-0.3, -0.25) is 9.59 Å². The molecule has 3 nitrogen and oxygen atoms in total. The van der Waals surface area contributed by atoms with Gasteiger partial charge in [0.15, 0.2) is 11.6 Å². The average Bonchev–Trinajstić information content (AvgIpc) is 1.94. The average molecular weight is 273 g/mol. The second-order valence-electron chi connectivity index (χ2n) is 1.77. The van der Waals surface area contributed by atoms with Gasteiger partial charge in [0.05, 0.1) is 0 Å². The van der Waals surface area contributed by atoms with E-state index < -0.39 is 5.78 Å². The Bertz CT molecular complexity index is 297. The smallest absolute Gasteiger partial charge is 0.196 e. The van der Waals surface area contributed by atoms with Crippen LogP contribution in [0.2, 0.25) is 0 Å². The van der Waals surface area contributed by atoms with Crippen molar-refractivity contribution in [1.82, 2.24) is 0 Å². The van der Waals surface area contributed by atoms with E-state index in [1.54, 1.807) is 6.07 Å². The van der Waals surface area contributed by atoms with Gasteiger partial charge in [-0.25, -0.2) is 0 Å². The van der Waals surface area contributed by atoms with Crippen LogP contribution in [-0.2, 0) is 32.0 Å². The number of nitriles is 1. The van der Waals surface area contributed by atoms with Crippen molar-refractivity contribution in [3.8, 4) is 6.07 Å². The molecule has 0 heterocycles. The van der Waals surface area contributed by atoms with Gasteiger partial charge in [0.2, 0.25) is 0 Å². The fraction of sp³-hybridized carbons (Fsp3) is 0.222. The first-order chi connectivity index (χ1) is 4.74. The molecule has 1 aliphatic carbocycles. The normalized spacial score (nSPS) is 12.7. The molecule has 13 heavy (non-hydrogen) atoms. The first-order valence-electron chi connectivity index (χ1n) is 2.62. The number of carbonyl (C=O) groups excluding carboxylic acids is 2. The third kappa shape index (κ3) is 4.58. The van der Waals surface area contributed by atoms with E-state index in [0.29, 0.717) is 0 Å². The maximum atomic E-state index is 10.6. The second kappa shape index (κ2) is 7.69. The summed E-state index contributed by atoms with van der Waals surface area (Å²) in [5.74, 6) is -0.710. The van der Waals surface area contributed by atoms with Crippen LogP contribution in [0.4, 0.5) is 0 Å². The molecule has 1 radical (unpaired) electrons. The zero-order valence-electron chi connectivity index (χ0n) is 5.30. The number of ketones is 2. The molecular weight excluding hydrogens is 262 g/mol. The van der Waals surface area contributed by atoms with Gasteiger partial charge >= 0.3 is 0 Å². The zero-order valence-corrected chi connectivity index (χ0v) is 6.78. The molecule has 0 amide bonds. The van der Waals surface area contributed by atoms with E-state index in [9.17, 15) is 9.59 Å². The summed E-state index contributed by atoms with van der Waals surface area (Å²) in [6.45, 7) is 0. The van der Waals surface area contributed by atoms with Crippen molar-refractivity contribution in [1.29, 1.82) is 5.26 Å². The Morgan fingerprint density at radius 1 is 1.15 bits per heavy atom. The molecular formula is C9H11AgNO2. The fourth-order valence-corrected chi connectivity index (χ4v) is 0.596. The van der Waals surface area contributed by atoms with Crippen LogP contribution in [0, 0.1) is 11.3 Å². The van der Waals surface area contributed by atoms with Crippen molar-refractivity contribution in [2.45, 2.75) is 14.9 Å². The molecule has 4 heteroatoms. The van der Waals surface area contributed by atoms with Gasteiger partial charge in [-0.05, 0) is 12.2 Å². The van der Waals surface area contributed by atoms with Gasteiger partial charge in [0, 0.05) is 28.5 Å². The predicted molar refractivity (Wildman–Crippen MR) is 46.3 cm³/mol. The number of hydrogen-bond acceptors (Lipinski definition) is 3. The summed E-state index contributed by atoms with van der Waals surface area (Å²) in [5, 5.41) is 8.25. The van der Waals surface area contributed by atoms with Crippen LogP contribution in [-0.4, -0.2) is 11.6 Å². The van der Waals surface area contributed by atoms with E-state index in [1.807, 2.05) is 0 Å². The van der Waals surface area contributed by atoms with Gasteiger partial charge in [-0.1, -0.05) is 14.9 Å². The third-order valence-corrected chi connectivity index (χ3v) is 1.07. The minimum Gasteiger partial charge on any atom is -0.290 e. The van der Waals surface area contributed by atoms with Crippen LogP contribution in [0.1, 0.15) is 14.9 Å². The summed E-state index contributed by atoms with van der Waals surface area (Å²) in [6.07, 6.45) is 3.27. The summed E-state index contributed by atoms with van der Waals surface area (Å²) in [4.78, 5) is 21.2. The Labute approximate surface area is 93.6 Å². The third-order valence-electron chi connectivity index (χ3n) is 1.07. The van der Waals surface area contributed by atoms with Crippen LogP contribution in [0.5, 0.6) is 0 Å². The van der Waals surface area contributed by atoms with E-state index in [0.717, 1.165) is 18.2 Å². The number of hydrogen-bond donors (Lipinski definition) is 0. The number of allylic oxidation sites excluding steroid dienone is 4. The van der Waals surface area contributed by atoms with Gasteiger partial charge in [-0.15, -0.1) is 0 Å². The molecule has 0 aromatic heterocycles. The Kier molecular flexibility index (Phi) is 10.6. The van der Waals surface area contributed by atoms with Crippen molar-refractivity contribution < 1.29 is 32.0 Å². The van der Waals surface area contributed by atoms with Crippen LogP contribution >= 0.6 is 0 Å². The van der Waals surface area contributed by atoms with E-state index in [-0.39, 0.29) is 48.6 Å². The minimum atomic E-state index is -0.401. The van der Waals surface area contributed by atoms with E-state index >= 15 is 0 Å². The quantitative estimate of drug-likeness (QED) is 0.495. The Hall–Kier alpha value is -0.950. The minimum absolute atomic E-state index is 0. The SMILES string of the molecule is C.C.N#CC1=CC(=O)C=CC1=O.[Ag]. The summed E-state index contributed by atoms with van der Waals surface area (Å²) in [7, 11) is 0. The first-order valence-corrected chi connectivity index (χ1v) is 2.62. The monoisotopic (exact) mass is 272 g/mol. The number of nitrogens with zero attached hydrogens (tertiary/aromatic N) is 1. The van der Waals surface area contributed by atoms with Crippen molar-refractivity contribution in [2.75, 3.05) is 0 Å². The molecule has 0 atom stereocenters. The Morgan fingerprint density at radius 2 is 1.69 bits per heavy atom. The van der Waals surface area contributed by atoms with E-state index in [1.165, 1.54) is 0 Å². The summed E-state index contributed by atoms with van der Waals surface area (Å²) >= 11 is 0. The number of carbonyl (C=O) groups is 2. The predicted octanol–water partition coefficient (Wildman–Crippen LogP) is 1.41. The Morgan fingerprint density at radius 3 is 2.08 bits per heavy atom. The maximum absolute atomic E-state index is 10.6. The molecule has 0 N–H and O–H groups in total. The molecule has 0 saturated heterocycles. The van der Waals surface area contributed by atoms with Gasteiger partial charge in [0.25, 0.3) is 0 Å².